The lowest BCUT2D eigenvalue weighted by Gasteiger charge is -1.98. The van der Waals surface area contributed by atoms with Crippen LogP contribution in [-0.2, 0) is 4.79 Å². The maximum Gasteiger partial charge on any atom is 0.335 e. The van der Waals surface area contributed by atoms with Crippen molar-refractivity contribution in [3.05, 3.63) is 46.5 Å². The van der Waals surface area contributed by atoms with Crippen LogP contribution >= 0.6 is 12.4 Å². The van der Waals surface area contributed by atoms with E-state index in [1.807, 2.05) is 0 Å². The number of hydrogen-bond acceptors (Lipinski definition) is 3. The number of nitro benzene ring substituents is 1. The van der Waals surface area contributed by atoms with E-state index in [9.17, 15) is 14.9 Å². The van der Waals surface area contributed by atoms with Gasteiger partial charge < -0.3 is 5.11 Å². The van der Waals surface area contributed by atoms with Crippen molar-refractivity contribution in [1.82, 2.24) is 0 Å². The van der Waals surface area contributed by atoms with Crippen molar-refractivity contribution in [3.8, 4) is 0 Å². The van der Waals surface area contributed by atoms with Gasteiger partial charge in [0.25, 0.3) is 5.69 Å². The van der Waals surface area contributed by atoms with Crippen LogP contribution in [-0.4, -0.2) is 16.0 Å². The Morgan fingerprint density at radius 3 is 2.13 bits per heavy atom. The predicted molar refractivity (Wildman–Crippen MR) is 57.0 cm³/mol. The fourth-order valence-electron chi connectivity index (χ4n) is 0.908. The zero-order chi connectivity index (χ0) is 10.7. The van der Waals surface area contributed by atoms with Crippen molar-refractivity contribution in [2.24, 2.45) is 0 Å². The van der Waals surface area contributed by atoms with Crippen LogP contribution in [0.5, 0.6) is 0 Å². The van der Waals surface area contributed by atoms with Gasteiger partial charge in [0.15, 0.2) is 0 Å². The third-order valence-corrected chi connectivity index (χ3v) is 1.68. The molecule has 0 fully saturated rings. The first-order valence-corrected chi connectivity index (χ1v) is 3.69. The molecule has 0 spiro atoms. The summed E-state index contributed by atoms with van der Waals surface area (Å²) >= 11 is 0. The maximum atomic E-state index is 10.5. The summed E-state index contributed by atoms with van der Waals surface area (Å²) in [6, 6.07) is 5.19. The minimum atomic E-state index is -1.14. The number of non-ortho nitro benzene ring substituents is 1. The molecule has 0 aliphatic rings. The van der Waals surface area contributed by atoms with Crippen LogP contribution in [0, 0.1) is 10.1 Å². The van der Waals surface area contributed by atoms with Crippen molar-refractivity contribution >= 4 is 29.6 Å². The van der Waals surface area contributed by atoms with Crippen LogP contribution in [0.4, 0.5) is 5.69 Å². The molecule has 0 saturated carbocycles. The molecule has 0 aliphatic carbocycles. The molecule has 1 rings (SSSR count). The van der Waals surface area contributed by atoms with Gasteiger partial charge in [-0.1, -0.05) is 6.58 Å². The maximum absolute atomic E-state index is 10.5. The Labute approximate surface area is 91.6 Å². The summed E-state index contributed by atoms with van der Waals surface area (Å²) < 4.78 is 0. The van der Waals surface area contributed by atoms with E-state index in [0.29, 0.717) is 5.56 Å². The lowest BCUT2D eigenvalue weighted by Crippen LogP contribution is -1.98. The van der Waals surface area contributed by atoms with Gasteiger partial charge in [0.05, 0.1) is 10.5 Å². The standard InChI is InChI=1S/C9H7NO4.ClH/c1-6(9(11)12)7-2-4-8(5-3-7)10(13)14;/h2-5H,1H2,(H,11,12);1H. The highest BCUT2D eigenvalue weighted by Crippen LogP contribution is 2.17. The molecule has 0 saturated heterocycles. The largest absolute Gasteiger partial charge is 0.478 e. The van der Waals surface area contributed by atoms with Gasteiger partial charge in [0.2, 0.25) is 0 Å². The highest BCUT2D eigenvalue weighted by Gasteiger charge is 2.09. The molecule has 0 aliphatic heterocycles. The number of aliphatic carboxylic acids is 1. The molecule has 0 aromatic heterocycles. The van der Waals surface area contributed by atoms with Gasteiger partial charge in [-0.2, -0.15) is 0 Å². The average molecular weight is 230 g/mol. The van der Waals surface area contributed by atoms with Crippen LogP contribution in [0.1, 0.15) is 5.56 Å². The molecule has 1 aromatic rings. The Kier molecular flexibility index (Phi) is 4.47. The molecule has 0 radical (unpaired) electrons. The van der Waals surface area contributed by atoms with Crippen LogP contribution in [0.2, 0.25) is 0 Å². The molecule has 5 nitrogen and oxygen atoms in total. The van der Waals surface area contributed by atoms with Crippen molar-refractivity contribution in [1.29, 1.82) is 0 Å². The first-order chi connectivity index (χ1) is 6.52. The second-order valence-corrected chi connectivity index (χ2v) is 2.59. The minimum Gasteiger partial charge on any atom is -0.478 e. The molecule has 1 aromatic carbocycles. The summed E-state index contributed by atoms with van der Waals surface area (Å²) in [7, 11) is 0. The minimum absolute atomic E-state index is 0. The summed E-state index contributed by atoms with van der Waals surface area (Å²) in [6.07, 6.45) is 0. The topological polar surface area (TPSA) is 80.4 Å². The zero-order valence-electron chi connectivity index (χ0n) is 7.54. The highest BCUT2D eigenvalue weighted by atomic mass is 35.5. The Balaban J connectivity index is 0.00000196. The van der Waals surface area contributed by atoms with E-state index in [0.717, 1.165) is 0 Å². The molecule has 15 heavy (non-hydrogen) atoms. The number of carbonyl (C=O) groups is 1. The van der Waals surface area contributed by atoms with E-state index in [1.54, 1.807) is 0 Å². The van der Waals surface area contributed by atoms with E-state index in [1.165, 1.54) is 24.3 Å². The Morgan fingerprint density at radius 2 is 1.80 bits per heavy atom. The van der Waals surface area contributed by atoms with Gasteiger partial charge in [-0.05, 0) is 17.7 Å². The molecular formula is C9H8ClNO4. The molecule has 6 heteroatoms. The second-order valence-electron chi connectivity index (χ2n) is 2.59. The van der Waals surface area contributed by atoms with Crippen LogP contribution in [0.25, 0.3) is 5.57 Å². The summed E-state index contributed by atoms with van der Waals surface area (Å²) in [4.78, 5) is 20.2. The van der Waals surface area contributed by atoms with Crippen molar-refractivity contribution in [3.63, 3.8) is 0 Å². The fraction of sp³-hybridized carbons (Fsp3) is 0. The Bertz CT molecular complexity index is 399. The van der Waals surface area contributed by atoms with Gasteiger partial charge in [0, 0.05) is 12.1 Å². The number of nitro groups is 1. The average Bonchev–Trinajstić information content (AvgIpc) is 2.16. The molecular weight excluding hydrogens is 222 g/mol. The van der Waals surface area contributed by atoms with E-state index >= 15 is 0 Å². The first-order valence-electron chi connectivity index (χ1n) is 3.69. The quantitative estimate of drug-likeness (QED) is 0.489. The molecule has 1 N–H and O–H groups in total. The number of halogens is 1. The number of carboxylic acid groups (broad SMARTS) is 1. The number of benzene rings is 1. The molecule has 0 bridgehead atoms. The van der Waals surface area contributed by atoms with Crippen LogP contribution in [0.3, 0.4) is 0 Å². The van der Waals surface area contributed by atoms with Crippen molar-refractivity contribution in [2.75, 3.05) is 0 Å². The van der Waals surface area contributed by atoms with E-state index in [-0.39, 0.29) is 23.7 Å². The summed E-state index contributed by atoms with van der Waals surface area (Å²) in [6.45, 7) is 3.33. The van der Waals surface area contributed by atoms with Crippen LogP contribution in [0.15, 0.2) is 30.8 Å². The van der Waals surface area contributed by atoms with Gasteiger partial charge in [-0.3, -0.25) is 10.1 Å². The normalized spacial score (nSPS) is 8.80. The fourth-order valence-corrected chi connectivity index (χ4v) is 0.908. The van der Waals surface area contributed by atoms with Gasteiger partial charge in [0.1, 0.15) is 0 Å². The number of rotatable bonds is 3. The van der Waals surface area contributed by atoms with Crippen LogP contribution < -0.4 is 0 Å². The monoisotopic (exact) mass is 229 g/mol. The van der Waals surface area contributed by atoms with E-state index in [2.05, 4.69) is 6.58 Å². The van der Waals surface area contributed by atoms with Crippen molar-refractivity contribution < 1.29 is 14.8 Å². The Hall–Kier alpha value is -1.88. The second kappa shape index (κ2) is 5.11. The van der Waals surface area contributed by atoms with E-state index in [4.69, 9.17) is 5.11 Å². The highest BCUT2D eigenvalue weighted by molar-refractivity contribution is 6.14. The SMILES string of the molecule is C=C(C(=O)O)c1ccc([N+](=O)[O-])cc1.Cl. The van der Waals surface area contributed by atoms with Gasteiger partial charge >= 0.3 is 5.97 Å². The first kappa shape index (κ1) is 13.1. The lowest BCUT2D eigenvalue weighted by molar-refractivity contribution is -0.384. The van der Waals surface area contributed by atoms with Gasteiger partial charge in [-0.15, -0.1) is 12.4 Å². The molecule has 0 amide bonds. The van der Waals surface area contributed by atoms with E-state index < -0.39 is 10.9 Å². The molecule has 0 unspecified atom stereocenters. The smallest absolute Gasteiger partial charge is 0.335 e. The molecule has 0 heterocycles. The lowest BCUT2D eigenvalue weighted by atomic mass is 10.1. The number of hydrogen-bond donors (Lipinski definition) is 1. The van der Waals surface area contributed by atoms with Gasteiger partial charge in [-0.25, -0.2) is 4.79 Å². The molecule has 0 atom stereocenters. The Morgan fingerprint density at radius 1 is 1.33 bits per heavy atom. The number of nitrogens with zero attached hydrogens (tertiary/aromatic N) is 1. The summed E-state index contributed by atoms with van der Waals surface area (Å²) in [5.74, 6) is -1.14. The molecule has 80 valence electrons. The summed E-state index contributed by atoms with van der Waals surface area (Å²) in [5.41, 5.74) is 0.204. The predicted octanol–water partition coefficient (Wildman–Crippen LogP) is 2.11. The third-order valence-electron chi connectivity index (χ3n) is 1.68. The zero-order valence-corrected chi connectivity index (χ0v) is 8.36. The van der Waals surface area contributed by atoms with Crippen molar-refractivity contribution in [2.45, 2.75) is 0 Å². The third kappa shape index (κ3) is 3.07. The number of carboxylic acids is 1. The summed E-state index contributed by atoms with van der Waals surface area (Å²) in [5, 5.41) is 18.9.